The van der Waals surface area contributed by atoms with Gasteiger partial charge in [0.2, 0.25) is 5.91 Å². The summed E-state index contributed by atoms with van der Waals surface area (Å²) in [5, 5.41) is 5.15. The molecule has 0 bridgehead atoms. The molecule has 3 amide bonds. The van der Waals surface area contributed by atoms with Crippen LogP contribution < -0.4 is 16.4 Å². The fourth-order valence-corrected chi connectivity index (χ4v) is 3.88. The zero-order valence-corrected chi connectivity index (χ0v) is 19.2. The van der Waals surface area contributed by atoms with Crippen LogP contribution in [0.25, 0.3) is 11.1 Å². The lowest BCUT2D eigenvalue weighted by molar-refractivity contribution is -0.120. The third-order valence-electron chi connectivity index (χ3n) is 5.32. The summed E-state index contributed by atoms with van der Waals surface area (Å²) in [7, 11) is 0. The average molecular weight is 454 g/mol. The van der Waals surface area contributed by atoms with Crippen molar-refractivity contribution in [2.75, 3.05) is 13.2 Å². The molecular weight excluding hydrogens is 422 g/mol. The second kappa shape index (κ2) is 10.4. The predicted molar refractivity (Wildman–Crippen MR) is 125 cm³/mol. The lowest BCUT2D eigenvalue weighted by Gasteiger charge is -2.20. The van der Waals surface area contributed by atoms with Crippen LogP contribution in [0, 0.1) is 0 Å². The summed E-state index contributed by atoms with van der Waals surface area (Å²) in [4.78, 5) is 35.9. The Balaban J connectivity index is 1.50. The van der Waals surface area contributed by atoms with Crippen molar-refractivity contribution in [1.29, 1.82) is 0 Å². The maximum Gasteiger partial charge on any atom is 0.407 e. The van der Waals surface area contributed by atoms with Crippen LogP contribution in [-0.2, 0) is 14.3 Å². The molecule has 1 aliphatic carbocycles. The van der Waals surface area contributed by atoms with Crippen LogP contribution >= 0.6 is 0 Å². The molecule has 3 rings (SSSR count). The zero-order chi connectivity index (χ0) is 24.0. The highest BCUT2D eigenvalue weighted by molar-refractivity contribution is 5.84. The van der Waals surface area contributed by atoms with E-state index in [-0.39, 0.29) is 25.5 Å². The second-order valence-corrected chi connectivity index (χ2v) is 9.00. The van der Waals surface area contributed by atoms with Crippen molar-refractivity contribution < 1.29 is 23.9 Å². The van der Waals surface area contributed by atoms with Crippen molar-refractivity contribution in [3.05, 3.63) is 59.7 Å². The van der Waals surface area contributed by atoms with E-state index >= 15 is 0 Å². The van der Waals surface area contributed by atoms with Crippen LogP contribution in [-0.4, -0.2) is 42.9 Å². The summed E-state index contributed by atoms with van der Waals surface area (Å²) < 4.78 is 10.6. The monoisotopic (exact) mass is 453 g/mol. The molecule has 8 nitrogen and oxygen atoms in total. The Morgan fingerprint density at radius 1 is 0.970 bits per heavy atom. The fraction of sp³-hybridized carbons (Fsp3) is 0.400. The van der Waals surface area contributed by atoms with E-state index in [2.05, 4.69) is 22.8 Å². The Hall–Kier alpha value is -3.55. The molecule has 0 heterocycles. The minimum absolute atomic E-state index is 0.0757. The minimum atomic E-state index is -0.902. The van der Waals surface area contributed by atoms with Gasteiger partial charge >= 0.3 is 12.2 Å². The van der Waals surface area contributed by atoms with E-state index in [4.69, 9.17) is 15.2 Å². The van der Waals surface area contributed by atoms with E-state index in [1.165, 1.54) is 0 Å². The molecule has 0 saturated heterocycles. The fourth-order valence-electron chi connectivity index (χ4n) is 3.88. The summed E-state index contributed by atoms with van der Waals surface area (Å²) in [5.41, 5.74) is 9.32. The standard InChI is InChI=1S/C25H31N3O5/c1-25(2,3)33-23(30)27-14-8-13-21(22(26)29)28-24(31)32-15-20-18-11-6-4-9-16(18)17-10-5-7-12-19(17)20/h4-7,9-12,20-21H,8,13-15H2,1-3H3,(H2,26,29)(H,27,30)(H,28,31)/t21-/m0/s1. The molecule has 0 radical (unpaired) electrons. The minimum Gasteiger partial charge on any atom is -0.449 e. The van der Waals surface area contributed by atoms with Gasteiger partial charge in [-0.05, 0) is 55.9 Å². The van der Waals surface area contributed by atoms with Gasteiger partial charge in [-0.2, -0.15) is 0 Å². The molecule has 2 aromatic carbocycles. The van der Waals surface area contributed by atoms with Gasteiger partial charge in [0.05, 0.1) is 0 Å². The average Bonchev–Trinajstić information content (AvgIpc) is 3.07. The Morgan fingerprint density at radius 3 is 2.09 bits per heavy atom. The molecular formula is C25H31N3O5. The number of primary amides is 1. The first-order valence-electron chi connectivity index (χ1n) is 11.0. The highest BCUT2D eigenvalue weighted by atomic mass is 16.6. The molecule has 0 unspecified atom stereocenters. The van der Waals surface area contributed by atoms with Crippen LogP contribution in [0.15, 0.2) is 48.5 Å². The van der Waals surface area contributed by atoms with E-state index in [9.17, 15) is 14.4 Å². The number of rotatable bonds is 8. The molecule has 4 N–H and O–H groups in total. The van der Waals surface area contributed by atoms with Gasteiger partial charge < -0.3 is 25.8 Å². The Morgan fingerprint density at radius 2 is 1.55 bits per heavy atom. The molecule has 0 aromatic heterocycles. The summed E-state index contributed by atoms with van der Waals surface area (Å²) in [6.45, 7) is 5.74. The number of hydrogen-bond donors (Lipinski definition) is 3. The van der Waals surface area contributed by atoms with Gasteiger partial charge in [0.15, 0.2) is 0 Å². The van der Waals surface area contributed by atoms with E-state index in [1.807, 2.05) is 36.4 Å². The largest absolute Gasteiger partial charge is 0.449 e. The van der Waals surface area contributed by atoms with E-state index in [0.717, 1.165) is 22.3 Å². The van der Waals surface area contributed by atoms with Crippen LogP contribution in [0.4, 0.5) is 9.59 Å². The molecule has 1 aliphatic rings. The van der Waals surface area contributed by atoms with E-state index in [1.54, 1.807) is 20.8 Å². The maximum atomic E-state index is 12.4. The van der Waals surface area contributed by atoms with Crippen molar-refractivity contribution >= 4 is 18.1 Å². The third-order valence-corrected chi connectivity index (χ3v) is 5.32. The zero-order valence-electron chi connectivity index (χ0n) is 19.2. The van der Waals surface area contributed by atoms with Gasteiger partial charge in [-0.25, -0.2) is 9.59 Å². The normalized spacial score (nSPS) is 13.4. The highest BCUT2D eigenvalue weighted by Crippen LogP contribution is 2.44. The van der Waals surface area contributed by atoms with E-state index < -0.39 is 29.7 Å². The number of amides is 3. The lowest BCUT2D eigenvalue weighted by Crippen LogP contribution is -2.45. The molecule has 1 atom stereocenters. The predicted octanol–water partition coefficient (Wildman–Crippen LogP) is 3.68. The van der Waals surface area contributed by atoms with Crippen molar-refractivity contribution in [3.63, 3.8) is 0 Å². The first-order chi connectivity index (χ1) is 15.7. The van der Waals surface area contributed by atoms with Gasteiger partial charge in [0.1, 0.15) is 18.2 Å². The van der Waals surface area contributed by atoms with Gasteiger partial charge in [0.25, 0.3) is 0 Å². The molecule has 8 heteroatoms. The quantitative estimate of drug-likeness (QED) is 0.527. The number of carbonyl (C=O) groups is 3. The summed E-state index contributed by atoms with van der Waals surface area (Å²) in [6, 6.07) is 15.2. The topological polar surface area (TPSA) is 120 Å². The number of hydrogen-bond acceptors (Lipinski definition) is 5. The SMILES string of the molecule is CC(C)(C)OC(=O)NCCC[C@H](NC(=O)OCC1c2ccccc2-c2ccccc21)C(N)=O. The van der Waals surface area contributed by atoms with Crippen molar-refractivity contribution in [2.24, 2.45) is 5.73 Å². The summed E-state index contributed by atoms with van der Waals surface area (Å²) in [6.07, 6.45) is -0.561. The molecule has 0 aliphatic heterocycles. The molecule has 33 heavy (non-hydrogen) atoms. The number of carbonyl (C=O) groups excluding carboxylic acids is 3. The van der Waals surface area contributed by atoms with Crippen LogP contribution in [0.5, 0.6) is 0 Å². The van der Waals surface area contributed by atoms with Crippen molar-refractivity contribution in [1.82, 2.24) is 10.6 Å². The van der Waals surface area contributed by atoms with Crippen molar-refractivity contribution in [3.8, 4) is 11.1 Å². The smallest absolute Gasteiger partial charge is 0.407 e. The molecule has 0 spiro atoms. The van der Waals surface area contributed by atoms with Crippen molar-refractivity contribution in [2.45, 2.75) is 51.2 Å². The van der Waals surface area contributed by atoms with Crippen LogP contribution in [0.3, 0.4) is 0 Å². The molecule has 0 fully saturated rings. The van der Waals surface area contributed by atoms with Gasteiger partial charge in [0, 0.05) is 12.5 Å². The Kier molecular flexibility index (Phi) is 7.58. The second-order valence-electron chi connectivity index (χ2n) is 9.00. The van der Waals surface area contributed by atoms with Gasteiger partial charge in [-0.1, -0.05) is 48.5 Å². The summed E-state index contributed by atoms with van der Waals surface area (Å²) >= 11 is 0. The Bertz CT molecular complexity index is 970. The number of fused-ring (bicyclic) bond motifs is 3. The first kappa shape index (κ1) is 24.1. The number of nitrogens with one attached hydrogen (secondary N) is 2. The van der Waals surface area contributed by atoms with E-state index in [0.29, 0.717) is 6.42 Å². The number of nitrogens with two attached hydrogens (primary N) is 1. The van der Waals surface area contributed by atoms with Crippen LogP contribution in [0.2, 0.25) is 0 Å². The maximum absolute atomic E-state index is 12.4. The third kappa shape index (κ3) is 6.47. The highest BCUT2D eigenvalue weighted by Gasteiger charge is 2.29. The molecule has 2 aromatic rings. The lowest BCUT2D eigenvalue weighted by atomic mass is 9.98. The number of ether oxygens (including phenoxy) is 2. The number of alkyl carbamates (subject to hydrolysis) is 2. The first-order valence-corrected chi connectivity index (χ1v) is 11.0. The van der Waals surface area contributed by atoms with Gasteiger partial charge in [-0.15, -0.1) is 0 Å². The van der Waals surface area contributed by atoms with Gasteiger partial charge in [-0.3, -0.25) is 4.79 Å². The molecule has 0 saturated carbocycles. The Labute approximate surface area is 193 Å². The molecule has 176 valence electrons. The van der Waals surface area contributed by atoms with Crippen LogP contribution in [0.1, 0.15) is 50.7 Å². The summed E-state index contributed by atoms with van der Waals surface area (Å²) in [5.74, 6) is -0.742. The number of benzene rings is 2.